The number of hydrogen-bond acceptors (Lipinski definition) is 7. The van der Waals surface area contributed by atoms with Crippen molar-refractivity contribution in [1.29, 1.82) is 0 Å². The Labute approximate surface area is 98.3 Å². The van der Waals surface area contributed by atoms with E-state index in [2.05, 4.69) is 10.3 Å². The van der Waals surface area contributed by atoms with Crippen LogP contribution in [0.25, 0.3) is 0 Å². The number of nitrogens with two attached hydrogens (primary N) is 1. The molecular formula is C9H17N3O3S. The molecule has 0 aromatic heterocycles. The molecule has 1 fully saturated rings. The lowest BCUT2D eigenvalue weighted by atomic mass is 9.96. The molecule has 2 aliphatic heterocycles. The lowest BCUT2D eigenvalue weighted by Crippen LogP contribution is -2.55. The second kappa shape index (κ2) is 4.89. The van der Waals surface area contributed by atoms with E-state index >= 15 is 0 Å². The van der Waals surface area contributed by atoms with Gasteiger partial charge in [-0.15, -0.1) is 0 Å². The van der Waals surface area contributed by atoms with E-state index < -0.39 is 24.4 Å². The van der Waals surface area contributed by atoms with Gasteiger partial charge in [-0.05, 0) is 13.0 Å². The quantitative estimate of drug-likeness (QED) is 0.472. The van der Waals surface area contributed by atoms with Crippen molar-refractivity contribution in [3.63, 3.8) is 0 Å². The number of hydrogen-bond donors (Lipinski definition) is 4. The average Bonchev–Trinajstić information content (AvgIpc) is 2.69. The molecule has 7 heteroatoms. The van der Waals surface area contributed by atoms with Crippen molar-refractivity contribution in [2.75, 3.05) is 13.6 Å². The molecule has 0 unspecified atom stereocenters. The molecule has 0 aromatic carbocycles. The van der Waals surface area contributed by atoms with E-state index in [0.717, 1.165) is 5.17 Å². The monoisotopic (exact) mass is 247 g/mol. The summed E-state index contributed by atoms with van der Waals surface area (Å²) < 4.78 is 5.68. The molecule has 2 rings (SSSR count). The minimum Gasteiger partial charge on any atom is -0.388 e. The number of fused-ring (bicyclic) bond motifs is 1. The summed E-state index contributed by atoms with van der Waals surface area (Å²) in [4.78, 5) is 4.26. The predicted molar refractivity (Wildman–Crippen MR) is 62.2 cm³/mol. The van der Waals surface area contributed by atoms with Crippen LogP contribution in [0.1, 0.15) is 6.42 Å². The summed E-state index contributed by atoms with van der Waals surface area (Å²) in [6.45, 7) is 0.427. The Morgan fingerprint density at radius 2 is 2.25 bits per heavy atom. The van der Waals surface area contributed by atoms with Crippen LogP contribution in [0.3, 0.4) is 0 Å². The van der Waals surface area contributed by atoms with Gasteiger partial charge in [0.1, 0.15) is 23.7 Å². The fourth-order valence-corrected chi connectivity index (χ4v) is 3.03. The molecule has 92 valence electrons. The van der Waals surface area contributed by atoms with Gasteiger partial charge in [0, 0.05) is 7.05 Å². The molecule has 0 amide bonds. The van der Waals surface area contributed by atoms with Crippen LogP contribution in [0, 0.1) is 0 Å². The van der Waals surface area contributed by atoms with Crippen LogP contribution in [0.15, 0.2) is 4.99 Å². The van der Waals surface area contributed by atoms with Gasteiger partial charge >= 0.3 is 0 Å². The number of aliphatic hydroxyl groups excluding tert-OH is 2. The topological polar surface area (TPSA) is 100 Å². The minimum absolute atomic E-state index is 0.225. The molecule has 6 nitrogen and oxygen atoms in total. The van der Waals surface area contributed by atoms with E-state index in [0.29, 0.717) is 13.0 Å². The average molecular weight is 247 g/mol. The normalized spacial score (nSPS) is 42.8. The highest BCUT2D eigenvalue weighted by molar-refractivity contribution is 8.14. The smallest absolute Gasteiger partial charge is 0.159 e. The van der Waals surface area contributed by atoms with E-state index in [-0.39, 0.29) is 5.44 Å². The molecule has 0 radical (unpaired) electrons. The van der Waals surface area contributed by atoms with Crippen LogP contribution in [-0.4, -0.2) is 58.8 Å². The first-order chi connectivity index (χ1) is 7.67. The van der Waals surface area contributed by atoms with Gasteiger partial charge in [-0.3, -0.25) is 4.99 Å². The van der Waals surface area contributed by atoms with Gasteiger partial charge in [0.2, 0.25) is 0 Å². The molecule has 0 aliphatic carbocycles. The molecule has 5 N–H and O–H groups in total. The molecular weight excluding hydrogens is 230 g/mol. The molecule has 1 saturated heterocycles. The molecule has 0 saturated carbocycles. The molecule has 16 heavy (non-hydrogen) atoms. The molecule has 2 aliphatic rings. The van der Waals surface area contributed by atoms with Crippen molar-refractivity contribution < 1.29 is 14.9 Å². The summed E-state index contributed by atoms with van der Waals surface area (Å²) in [5.41, 5.74) is 5.21. The van der Waals surface area contributed by atoms with E-state index in [1.165, 1.54) is 11.8 Å². The maximum atomic E-state index is 9.94. The Bertz CT molecular complexity index is 289. The van der Waals surface area contributed by atoms with Gasteiger partial charge in [0.05, 0.1) is 6.10 Å². The Morgan fingerprint density at radius 1 is 1.50 bits per heavy atom. The second-order valence-electron chi connectivity index (χ2n) is 3.89. The predicted octanol–water partition coefficient (Wildman–Crippen LogP) is -1.53. The van der Waals surface area contributed by atoms with Crippen LogP contribution in [0.5, 0.6) is 0 Å². The molecule has 2 heterocycles. The van der Waals surface area contributed by atoms with Gasteiger partial charge < -0.3 is 26.0 Å². The maximum Gasteiger partial charge on any atom is 0.159 e. The summed E-state index contributed by atoms with van der Waals surface area (Å²) in [7, 11) is 1.77. The highest BCUT2D eigenvalue weighted by Gasteiger charge is 2.47. The lowest BCUT2D eigenvalue weighted by molar-refractivity contribution is -0.153. The summed E-state index contributed by atoms with van der Waals surface area (Å²) >= 11 is 1.43. The van der Waals surface area contributed by atoms with Gasteiger partial charge in [0.15, 0.2) is 5.17 Å². The van der Waals surface area contributed by atoms with Gasteiger partial charge in [0.25, 0.3) is 0 Å². The number of thioether (sulfide) groups is 1. The fourth-order valence-electron chi connectivity index (χ4n) is 1.95. The standard InChI is InChI=1S/C9H17N3O3S/c1-11-9-12-5-7(14)6(13)4(2-3-10)15-8(5)16-9/h4-8,13-14H,2-3,10H2,1H3,(H,11,12)/t4-,5+,6-,7-,8+/m1/s1. The highest BCUT2D eigenvalue weighted by atomic mass is 32.2. The SMILES string of the molecule is CNC1=N[C@H]2[C@@H](O)[C@H](O)[C@@H](CCN)O[C@H]2S1. The summed E-state index contributed by atoms with van der Waals surface area (Å²) in [5, 5.41) is 23.4. The summed E-state index contributed by atoms with van der Waals surface area (Å²) in [5.74, 6) is 0. The number of rotatable bonds is 2. The van der Waals surface area contributed by atoms with E-state index in [1.54, 1.807) is 7.05 Å². The molecule has 0 spiro atoms. The first-order valence-electron chi connectivity index (χ1n) is 5.31. The van der Waals surface area contributed by atoms with Crippen molar-refractivity contribution in [3.05, 3.63) is 0 Å². The number of aliphatic hydroxyl groups is 2. The molecule has 0 aromatic rings. The van der Waals surface area contributed by atoms with Gasteiger partial charge in [-0.1, -0.05) is 11.8 Å². The first kappa shape index (κ1) is 12.1. The van der Waals surface area contributed by atoms with Crippen LogP contribution < -0.4 is 11.1 Å². The van der Waals surface area contributed by atoms with Crippen molar-refractivity contribution >= 4 is 16.9 Å². The lowest BCUT2D eigenvalue weighted by Gasteiger charge is -2.38. The zero-order chi connectivity index (χ0) is 11.7. The maximum absolute atomic E-state index is 9.94. The number of nitrogens with zero attached hydrogens (tertiary/aromatic N) is 1. The molecule has 5 atom stereocenters. The van der Waals surface area contributed by atoms with Crippen molar-refractivity contribution in [2.24, 2.45) is 10.7 Å². The van der Waals surface area contributed by atoms with Crippen LogP contribution in [0.4, 0.5) is 0 Å². The zero-order valence-electron chi connectivity index (χ0n) is 9.04. The van der Waals surface area contributed by atoms with Crippen molar-refractivity contribution in [1.82, 2.24) is 5.32 Å². The van der Waals surface area contributed by atoms with E-state index in [9.17, 15) is 10.2 Å². The molecule has 0 bridgehead atoms. The Kier molecular flexibility index (Phi) is 3.70. The number of ether oxygens (including phenoxy) is 1. The summed E-state index contributed by atoms with van der Waals surface area (Å²) in [6, 6.07) is -0.392. The van der Waals surface area contributed by atoms with E-state index in [1.807, 2.05) is 0 Å². The third-order valence-electron chi connectivity index (χ3n) is 2.83. The highest BCUT2D eigenvalue weighted by Crippen LogP contribution is 2.36. The number of nitrogens with one attached hydrogen (secondary N) is 1. The largest absolute Gasteiger partial charge is 0.388 e. The number of aliphatic imine (C=N–C) groups is 1. The van der Waals surface area contributed by atoms with Crippen molar-refractivity contribution in [2.45, 2.75) is 36.2 Å². The van der Waals surface area contributed by atoms with Gasteiger partial charge in [-0.2, -0.15) is 0 Å². The van der Waals surface area contributed by atoms with Crippen LogP contribution in [-0.2, 0) is 4.74 Å². The third-order valence-corrected chi connectivity index (χ3v) is 3.98. The minimum atomic E-state index is -0.912. The summed E-state index contributed by atoms with van der Waals surface area (Å²) in [6.07, 6.45) is -1.66. The zero-order valence-corrected chi connectivity index (χ0v) is 9.85. The van der Waals surface area contributed by atoms with Crippen LogP contribution >= 0.6 is 11.8 Å². The fraction of sp³-hybridized carbons (Fsp3) is 0.889. The second-order valence-corrected chi connectivity index (χ2v) is 4.98. The number of amidine groups is 1. The van der Waals surface area contributed by atoms with Gasteiger partial charge in [-0.25, -0.2) is 0 Å². The van der Waals surface area contributed by atoms with Crippen molar-refractivity contribution in [3.8, 4) is 0 Å². The van der Waals surface area contributed by atoms with Crippen LogP contribution in [0.2, 0.25) is 0 Å². The Hall–Kier alpha value is -0.340. The Morgan fingerprint density at radius 3 is 2.88 bits per heavy atom. The first-order valence-corrected chi connectivity index (χ1v) is 6.19. The van der Waals surface area contributed by atoms with E-state index in [4.69, 9.17) is 10.5 Å². The third kappa shape index (κ3) is 2.05. The Balaban J connectivity index is 2.08.